The highest BCUT2D eigenvalue weighted by molar-refractivity contribution is 6.80. The Morgan fingerprint density at radius 3 is 2.62 bits per heavy atom. The summed E-state index contributed by atoms with van der Waals surface area (Å²) in [5.74, 6) is 2.31. The van der Waals surface area contributed by atoms with Crippen molar-refractivity contribution in [2.75, 3.05) is 0 Å². The Hall–Kier alpha value is -1.08. The summed E-state index contributed by atoms with van der Waals surface area (Å²) in [6.45, 7) is 10.4. The zero-order chi connectivity index (χ0) is 16.9. The minimum atomic E-state index is -1.38. The summed E-state index contributed by atoms with van der Waals surface area (Å²) in [5.41, 5.74) is 3.90. The average molecular weight is 337 g/mol. The monoisotopic (exact) mass is 336 g/mol. The minimum Gasteiger partial charge on any atom is -0.0837 e. The van der Waals surface area contributed by atoms with E-state index in [-0.39, 0.29) is 0 Å². The number of rotatable bonds is 2. The molecular formula is C23H32Si. The normalized spacial score (nSPS) is 43.5. The second kappa shape index (κ2) is 5.73. The van der Waals surface area contributed by atoms with Crippen molar-refractivity contribution < 1.29 is 0 Å². The molecule has 128 valence electrons. The van der Waals surface area contributed by atoms with Gasteiger partial charge in [0, 0.05) is 5.92 Å². The summed E-state index contributed by atoms with van der Waals surface area (Å²) in [5, 5.41) is 0. The van der Waals surface area contributed by atoms with Crippen LogP contribution in [0.25, 0.3) is 0 Å². The Balaban J connectivity index is 1.61. The number of hydrogen-bond acceptors (Lipinski definition) is 0. The topological polar surface area (TPSA) is 0 Å². The summed E-state index contributed by atoms with van der Waals surface area (Å²) in [7, 11) is -1.38. The Bertz CT molecular complexity index is 660. The fraction of sp³-hybridized carbons (Fsp3) is 0.565. The van der Waals surface area contributed by atoms with E-state index in [1.807, 2.05) is 0 Å². The van der Waals surface area contributed by atoms with E-state index in [1.54, 1.807) is 5.57 Å². The molecule has 4 rings (SSSR count). The van der Waals surface area contributed by atoms with Crippen molar-refractivity contribution in [3.05, 3.63) is 60.3 Å². The average Bonchev–Trinajstić information content (AvgIpc) is 3.05. The maximum atomic E-state index is 2.71. The molecule has 1 saturated carbocycles. The molecule has 0 N–H and O–H groups in total. The standard InChI is InChI=1S/C23H32Si/c1-17-14-19-10-6-7-11-20(19)22(17)24(3,4)21-16-23(15-18(21)2)12-8-5-9-13-23/h5-12,14,17-18,20-22H,13,15-16H2,1-4H3. The molecule has 0 nitrogen and oxygen atoms in total. The third kappa shape index (κ3) is 2.47. The molecule has 1 spiro atoms. The maximum absolute atomic E-state index is 2.71. The Kier molecular flexibility index (Phi) is 3.91. The van der Waals surface area contributed by atoms with Crippen molar-refractivity contribution in [2.24, 2.45) is 23.2 Å². The van der Waals surface area contributed by atoms with Crippen molar-refractivity contribution >= 4 is 8.07 Å². The van der Waals surface area contributed by atoms with E-state index in [2.05, 4.69) is 81.6 Å². The van der Waals surface area contributed by atoms with E-state index < -0.39 is 8.07 Å². The molecule has 1 heteroatoms. The van der Waals surface area contributed by atoms with Crippen LogP contribution in [-0.2, 0) is 0 Å². The van der Waals surface area contributed by atoms with E-state index in [1.165, 1.54) is 19.3 Å². The Morgan fingerprint density at radius 2 is 1.88 bits per heavy atom. The van der Waals surface area contributed by atoms with Gasteiger partial charge >= 0.3 is 0 Å². The van der Waals surface area contributed by atoms with Gasteiger partial charge in [-0.3, -0.25) is 0 Å². The lowest BCUT2D eigenvalue weighted by Gasteiger charge is -2.43. The fourth-order valence-electron chi connectivity index (χ4n) is 6.70. The van der Waals surface area contributed by atoms with Crippen LogP contribution in [0.5, 0.6) is 0 Å². The molecule has 4 aliphatic carbocycles. The first-order valence-electron chi connectivity index (χ1n) is 9.84. The molecule has 0 aromatic heterocycles. The third-order valence-electron chi connectivity index (χ3n) is 7.59. The van der Waals surface area contributed by atoms with Crippen LogP contribution in [-0.4, -0.2) is 8.07 Å². The van der Waals surface area contributed by atoms with Gasteiger partial charge in [0.15, 0.2) is 0 Å². The molecule has 0 aromatic rings. The van der Waals surface area contributed by atoms with Gasteiger partial charge in [-0.2, -0.15) is 0 Å². The van der Waals surface area contributed by atoms with Gasteiger partial charge in [-0.1, -0.05) is 81.6 Å². The van der Waals surface area contributed by atoms with E-state index in [0.717, 1.165) is 22.9 Å². The van der Waals surface area contributed by atoms with Crippen LogP contribution < -0.4 is 0 Å². The second-order valence-corrected chi connectivity index (χ2v) is 14.5. The van der Waals surface area contributed by atoms with Gasteiger partial charge in [-0.25, -0.2) is 0 Å². The number of hydrogen-bond donors (Lipinski definition) is 0. The minimum absolute atomic E-state index is 0.476. The highest BCUT2D eigenvalue weighted by atomic mass is 28.3. The number of allylic oxidation sites excluding steroid dienone is 10. The molecule has 0 amide bonds. The van der Waals surface area contributed by atoms with Crippen LogP contribution in [0.1, 0.15) is 33.1 Å². The van der Waals surface area contributed by atoms with Gasteiger partial charge in [-0.05, 0) is 53.2 Å². The van der Waals surface area contributed by atoms with Crippen molar-refractivity contribution in [3.8, 4) is 0 Å². The summed E-state index contributed by atoms with van der Waals surface area (Å²) in [6, 6.07) is 0. The highest BCUT2D eigenvalue weighted by Crippen LogP contribution is 2.61. The molecule has 0 bridgehead atoms. The summed E-state index contributed by atoms with van der Waals surface area (Å²) >= 11 is 0. The molecule has 0 saturated heterocycles. The molecule has 6 unspecified atom stereocenters. The highest BCUT2D eigenvalue weighted by Gasteiger charge is 2.54. The Morgan fingerprint density at radius 1 is 1.04 bits per heavy atom. The van der Waals surface area contributed by atoms with Crippen molar-refractivity contribution in [3.63, 3.8) is 0 Å². The zero-order valence-corrected chi connectivity index (χ0v) is 16.7. The predicted octanol–water partition coefficient (Wildman–Crippen LogP) is 6.69. The van der Waals surface area contributed by atoms with E-state index in [9.17, 15) is 0 Å². The molecule has 0 aromatic carbocycles. The van der Waals surface area contributed by atoms with Crippen LogP contribution in [0.2, 0.25) is 24.2 Å². The lowest BCUT2D eigenvalue weighted by molar-refractivity contribution is 0.382. The predicted molar refractivity (Wildman–Crippen MR) is 108 cm³/mol. The van der Waals surface area contributed by atoms with Crippen LogP contribution in [0.4, 0.5) is 0 Å². The molecule has 4 aliphatic rings. The van der Waals surface area contributed by atoms with Crippen LogP contribution in [0.3, 0.4) is 0 Å². The number of fused-ring (bicyclic) bond motifs is 1. The van der Waals surface area contributed by atoms with Crippen molar-refractivity contribution in [1.29, 1.82) is 0 Å². The zero-order valence-electron chi connectivity index (χ0n) is 15.7. The smallest absolute Gasteiger partial charge is 0.0554 e. The van der Waals surface area contributed by atoms with E-state index in [4.69, 9.17) is 0 Å². The van der Waals surface area contributed by atoms with Gasteiger partial charge in [0.05, 0.1) is 8.07 Å². The first kappa shape index (κ1) is 16.4. The third-order valence-corrected chi connectivity index (χ3v) is 12.9. The van der Waals surface area contributed by atoms with Crippen LogP contribution >= 0.6 is 0 Å². The summed E-state index contributed by atoms with van der Waals surface area (Å²) < 4.78 is 0. The van der Waals surface area contributed by atoms with Gasteiger partial charge in [0.1, 0.15) is 0 Å². The molecule has 0 aliphatic heterocycles. The largest absolute Gasteiger partial charge is 0.0837 e. The van der Waals surface area contributed by atoms with Crippen molar-refractivity contribution in [1.82, 2.24) is 0 Å². The second-order valence-electron chi connectivity index (χ2n) is 9.49. The molecule has 0 radical (unpaired) electrons. The van der Waals surface area contributed by atoms with Gasteiger partial charge in [-0.15, -0.1) is 0 Å². The summed E-state index contributed by atoms with van der Waals surface area (Å²) in [4.78, 5) is 0. The molecule has 24 heavy (non-hydrogen) atoms. The van der Waals surface area contributed by atoms with Gasteiger partial charge in [0.25, 0.3) is 0 Å². The lowest BCUT2D eigenvalue weighted by Crippen LogP contribution is -2.43. The van der Waals surface area contributed by atoms with Crippen molar-refractivity contribution in [2.45, 2.75) is 57.3 Å². The quantitative estimate of drug-likeness (QED) is 0.493. The van der Waals surface area contributed by atoms with Gasteiger partial charge < -0.3 is 0 Å². The molecular weight excluding hydrogens is 304 g/mol. The summed E-state index contributed by atoms with van der Waals surface area (Å²) in [6.07, 6.45) is 25.5. The SMILES string of the molecule is CC1C=C2C=CC=CC2C1[Si](C)(C)C1CC2(C=CC=CC2)CC1C. The molecule has 0 heterocycles. The molecule has 6 atom stereocenters. The van der Waals surface area contributed by atoms with Crippen LogP contribution in [0, 0.1) is 23.2 Å². The Labute approximate surface area is 149 Å². The van der Waals surface area contributed by atoms with E-state index >= 15 is 0 Å². The fourth-order valence-corrected chi connectivity index (χ4v) is 12.4. The lowest BCUT2D eigenvalue weighted by atomic mass is 9.79. The van der Waals surface area contributed by atoms with E-state index in [0.29, 0.717) is 11.3 Å². The first-order valence-corrected chi connectivity index (χ1v) is 13.0. The maximum Gasteiger partial charge on any atom is 0.0554 e. The van der Waals surface area contributed by atoms with Crippen LogP contribution in [0.15, 0.2) is 60.3 Å². The first-order chi connectivity index (χ1) is 11.4. The molecule has 1 fully saturated rings. The van der Waals surface area contributed by atoms with Gasteiger partial charge in [0.2, 0.25) is 0 Å².